The number of benzene rings is 2. The molecule has 1 aliphatic rings. The van der Waals surface area contributed by atoms with Crippen molar-refractivity contribution in [1.29, 1.82) is 0 Å². The van der Waals surface area contributed by atoms with E-state index >= 15 is 0 Å². The Labute approximate surface area is 159 Å². The van der Waals surface area contributed by atoms with Gasteiger partial charge in [-0.05, 0) is 44.2 Å². The zero-order valence-electron chi connectivity index (χ0n) is 15.8. The highest BCUT2D eigenvalue weighted by Crippen LogP contribution is 2.22. The number of hydrogen-bond acceptors (Lipinski definition) is 4. The molecule has 1 heterocycles. The molecule has 0 aromatic heterocycles. The van der Waals surface area contributed by atoms with Crippen LogP contribution < -0.4 is 10.1 Å². The van der Waals surface area contributed by atoms with E-state index in [1.54, 1.807) is 60.5 Å². The van der Waals surface area contributed by atoms with Gasteiger partial charge in [-0.25, -0.2) is 0 Å². The molecule has 3 rings (SSSR count). The van der Waals surface area contributed by atoms with Crippen molar-refractivity contribution < 1.29 is 19.1 Å². The molecule has 2 aromatic rings. The summed E-state index contributed by atoms with van der Waals surface area (Å²) in [5, 5.41) is 2.85. The van der Waals surface area contributed by atoms with Gasteiger partial charge in [-0.2, -0.15) is 0 Å². The number of anilines is 1. The first-order valence-electron chi connectivity index (χ1n) is 8.97. The lowest BCUT2D eigenvalue weighted by Gasteiger charge is -2.35. The molecule has 27 heavy (non-hydrogen) atoms. The Hall–Kier alpha value is -2.86. The Morgan fingerprint density at radius 3 is 2.48 bits per heavy atom. The Morgan fingerprint density at radius 1 is 1.07 bits per heavy atom. The van der Waals surface area contributed by atoms with Gasteiger partial charge in [-0.3, -0.25) is 9.59 Å². The van der Waals surface area contributed by atoms with Crippen molar-refractivity contribution in [3.63, 3.8) is 0 Å². The normalized spacial score (nSPS) is 19.4. The third-order valence-electron chi connectivity index (χ3n) is 4.44. The Balaban J connectivity index is 1.81. The van der Waals surface area contributed by atoms with Gasteiger partial charge in [-0.1, -0.05) is 18.2 Å². The highest BCUT2D eigenvalue weighted by Gasteiger charge is 2.28. The monoisotopic (exact) mass is 368 g/mol. The Morgan fingerprint density at radius 2 is 1.78 bits per heavy atom. The van der Waals surface area contributed by atoms with E-state index in [2.05, 4.69) is 5.32 Å². The maximum atomic E-state index is 13.0. The van der Waals surface area contributed by atoms with Gasteiger partial charge >= 0.3 is 0 Å². The molecule has 1 N–H and O–H groups in total. The summed E-state index contributed by atoms with van der Waals surface area (Å²) >= 11 is 0. The summed E-state index contributed by atoms with van der Waals surface area (Å²) in [4.78, 5) is 27.4. The molecule has 6 nitrogen and oxygen atoms in total. The number of para-hydroxylation sites is 1. The minimum absolute atomic E-state index is 0.0174. The highest BCUT2D eigenvalue weighted by molar-refractivity contribution is 6.09. The van der Waals surface area contributed by atoms with Crippen LogP contribution in [0.5, 0.6) is 5.75 Å². The van der Waals surface area contributed by atoms with Gasteiger partial charge in [-0.15, -0.1) is 0 Å². The van der Waals surface area contributed by atoms with Gasteiger partial charge in [0.15, 0.2) is 0 Å². The summed E-state index contributed by atoms with van der Waals surface area (Å²) in [6.07, 6.45) is -0.0347. The lowest BCUT2D eigenvalue weighted by atomic mass is 10.1. The van der Waals surface area contributed by atoms with Crippen molar-refractivity contribution in [2.45, 2.75) is 26.1 Å². The molecule has 2 amide bonds. The van der Waals surface area contributed by atoms with Crippen LogP contribution in [0.15, 0.2) is 48.5 Å². The van der Waals surface area contributed by atoms with Crippen LogP contribution in [0.3, 0.4) is 0 Å². The Bertz CT molecular complexity index is 826. The van der Waals surface area contributed by atoms with Crippen LogP contribution in [0, 0.1) is 0 Å². The van der Waals surface area contributed by atoms with Crippen LogP contribution >= 0.6 is 0 Å². The number of methoxy groups -OCH3 is 1. The van der Waals surface area contributed by atoms with Crippen molar-refractivity contribution in [3.05, 3.63) is 59.7 Å². The number of carbonyl (C=O) groups is 2. The largest absolute Gasteiger partial charge is 0.497 e. The minimum Gasteiger partial charge on any atom is -0.497 e. The molecule has 0 unspecified atom stereocenters. The van der Waals surface area contributed by atoms with Gasteiger partial charge in [0.2, 0.25) is 0 Å². The van der Waals surface area contributed by atoms with Crippen LogP contribution in [0.25, 0.3) is 0 Å². The second kappa shape index (κ2) is 8.22. The Kier molecular flexibility index (Phi) is 5.76. The van der Waals surface area contributed by atoms with E-state index in [4.69, 9.17) is 9.47 Å². The van der Waals surface area contributed by atoms with Crippen molar-refractivity contribution in [2.75, 3.05) is 25.5 Å². The SMILES string of the molecule is COc1cccc(C(=O)Nc2ccccc2C(=O)N2C[C@@H](C)O[C@@H](C)C2)c1. The fraction of sp³-hybridized carbons (Fsp3) is 0.333. The maximum absolute atomic E-state index is 13.0. The predicted octanol–water partition coefficient (Wildman–Crippen LogP) is 3.20. The van der Waals surface area contributed by atoms with Gasteiger partial charge in [0.1, 0.15) is 5.75 Å². The van der Waals surface area contributed by atoms with Crippen molar-refractivity contribution in [3.8, 4) is 5.75 Å². The lowest BCUT2D eigenvalue weighted by Crippen LogP contribution is -2.48. The summed E-state index contributed by atoms with van der Waals surface area (Å²) in [6, 6.07) is 13.9. The first-order chi connectivity index (χ1) is 13.0. The smallest absolute Gasteiger partial charge is 0.256 e. The zero-order valence-corrected chi connectivity index (χ0v) is 15.8. The van der Waals surface area contributed by atoms with E-state index in [1.165, 1.54) is 0 Å². The summed E-state index contributed by atoms with van der Waals surface area (Å²) in [7, 11) is 1.55. The number of amides is 2. The number of carbonyl (C=O) groups excluding carboxylic acids is 2. The molecular weight excluding hydrogens is 344 g/mol. The molecule has 0 bridgehead atoms. The molecule has 0 saturated carbocycles. The topological polar surface area (TPSA) is 67.9 Å². The van der Waals surface area contributed by atoms with E-state index in [0.717, 1.165) is 0 Å². The van der Waals surface area contributed by atoms with Crippen molar-refractivity contribution in [2.24, 2.45) is 0 Å². The van der Waals surface area contributed by atoms with Gasteiger partial charge < -0.3 is 19.7 Å². The first kappa shape index (κ1) is 18.9. The molecule has 1 saturated heterocycles. The van der Waals surface area contributed by atoms with Crippen LogP contribution in [-0.2, 0) is 4.74 Å². The van der Waals surface area contributed by atoms with E-state index in [9.17, 15) is 9.59 Å². The maximum Gasteiger partial charge on any atom is 0.256 e. The molecule has 2 atom stereocenters. The van der Waals surface area contributed by atoms with Crippen LogP contribution in [0.1, 0.15) is 34.6 Å². The molecule has 0 radical (unpaired) electrons. The quantitative estimate of drug-likeness (QED) is 0.900. The van der Waals surface area contributed by atoms with E-state index in [-0.39, 0.29) is 24.0 Å². The van der Waals surface area contributed by atoms with Crippen LogP contribution in [0.2, 0.25) is 0 Å². The lowest BCUT2D eigenvalue weighted by molar-refractivity contribution is -0.0585. The van der Waals surface area contributed by atoms with Crippen molar-refractivity contribution >= 4 is 17.5 Å². The van der Waals surface area contributed by atoms with E-state index in [0.29, 0.717) is 35.7 Å². The van der Waals surface area contributed by atoms with Gasteiger partial charge in [0.05, 0.1) is 30.6 Å². The number of morpholine rings is 1. The number of ether oxygens (including phenoxy) is 2. The first-order valence-corrected chi connectivity index (χ1v) is 8.97. The summed E-state index contributed by atoms with van der Waals surface area (Å²) in [5.41, 5.74) is 1.42. The predicted molar refractivity (Wildman–Crippen MR) is 103 cm³/mol. The molecule has 1 fully saturated rings. The molecule has 1 aliphatic heterocycles. The number of rotatable bonds is 4. The second-order valence-corrected chi connectivity index (χ2v) is 6.70. The minimum atomic E-state index is -0.294. The number of nitrogens with zero attached hydrogens (tertiary/aromatic N) is 1. The molecular formula is C21H24N2O4. The molecule has 6 heteroatoms. The number of hydrogen-bond donors (Lipinski definition) is 1. The number of nitrogens with one attached hydrogen (secondary N) is 1. The highest BCUT2D eigenvalue weighted by atomic mass is 16.5. The summed E-state index contributed by atoms with van der Waals surface area (Å²) in [5.74, 6) is 0.194. The fourth-order valence-corrected chi connectivity index (χ4v) is 3.25. The van der Waals surface area contributed by atoms with Crippen molar-refractivity contribution in [1.82, 2.24) is 4.90 Å². The molecule has 142 valence electrons. The van der Waals surface area contributed by atoms with E-state index in [1.807, 2.05) is 13.8 Å². The third kappa shape index (κ3) is 4.46. The van der Waals surface area contributed by atoms with E-state index < -0.39 is 0 Å². The average Bonchev–Trinajstić information content (AvgIpc) is 2.67. The zero-order chi connectivity index (χ0) is 19.4. The summed E-state index contributed by atoms with van der Waals surface area (Å²) < 4.78 is 10.9. The molecule has 0 spiro atoms. The third-order valence-corrected chi connectivity index (χ3v) is 4.44. The average molecular weight is 368 g/mol. The molecule has 0 aliphatic carbocycles. The molecule has 2 aromatic carbocycles. The van der Waals surface area contributed by atoms with Crippen LogP contribution in [-0.4, -0.2) is 49.1 Å². The van der Waals surface area contributed by atoms with Gasteiger partial charge in [0.25, 0.3) is 11.8 Å². The second-order valence-electron chi connectivity index (χ2n) is 6.70. The van der Waals surface area contributed by atoms with Gasteiger partial charge in [0, 0.05) is 18.7 Å². The fourth-order valence-electron chi connectivity index (χ4n) is 3.25. The summed E-state index contributed by atoms with van der Waals surface area (Å²) in [6.45, 7) is 4.96. The van der Waals surface area contributed by atoms with Crippen LogP contribution in [0.4, 0.5) is 5.69 Å². The standard InChI is InChI=1S/C21H24N2O4/c1-14-12-23(13-15(2)27-14)21(25)18-9-4-5-10-19(18)22-20(24)16-7-6-8-17(11-16)26-3/h4-11,14-15H,12-13H2,1-3H3,(H,22,24)/t14-,15+.